The number of halogens is 2. The van der Waals surface area contributed by atoms with Crippen molar-refractivity contribution < 1.29 is 4.74 Å². The zero-order valence-corrected chi connectivity index (χ0v) is 14.0. The van der Waals surface area contributed by atoms with E-state index in [0.29, 0.717) is 0 Å². The van der Waals surface area contributed by atoms with Gasteiger partial charge < -0.3 is 4.74 Å². The first-order chi connectivity index (χ1) is 7.97. The third-order valence-electron chi connectivity index (χ3n) is 2.99. The molecule has 0 aliphatic heterocycles. The molecule has 1 aromatic heterocycles. The molecule has 1 aromatic rings. The zero-order chi connectivity index (χ0) is 13.1. The van der Waals surface area contributed by atoms with Gasteiger partial charge in [-0.25, -0.2) is 0 Å². The predicted molar refractivity (Wildman–Crippen MR) is 79.7 cm³/mol. The molecule has 0 aliphatic carbocycles. The van der Waals surface area contributed by atoms with E-state index in [1.165, 1.54) is 0 Å². The normalized spacial score (nSPS) is 11.6. The summed E-state index contributed by atoms with van der Waals surface area (Å²) < 4.78 is 5.43. The van der Waals surface area contributed by atoms with Gasteiger partial charge in [0.2, 0.25) is 0 Å². The second-order valence-electron chi connectivity index (χ2n) is 4.80. The highest BCUT2D eigenvalue weighted by atomic mass is 79.9. The monoisotopic (exact) mass is 363 g/mol. The van der Waals surface area contributed by atoms with Gasteiger partial charge >= 0.3 is 0 Å². The summed E-state index contributed by atoms with van der Waals surface area (Å²) in [5, 5.41) is 1.89. The third-order valence-corrected chi connectivity index (χ3v) is 5.70. The lowest BCUT2D eigenvalue weighted by Crippen LogP contribution is -2.24. The Morgan fingerprint density at radius 3 is 2.35 bits per heavy atom. The average molecular weight is 365 g/mol. The maximum atomic E-state index is 5.43. The van der Waals surface area contributed by atoms with Crippen LogP contribution in [0.4, 0.5) is 0 Å². The van der Waals surface area contributed by atoms with Gasteiger partial charge in [-0.2, -0.15) is 0 Å². The number of rotatable bonds is 5. The van der Waals surface area contributed by atoms with Crippen molar-refractivity contribution in [1.29, 1.82) is 0 Å². The van der Waals surface area contributed by atoms with E-state index in [4.69, 9.17) is 4.74 Å². The molecule has 4 heteroatoms. The van der Waals surface area contributed by atoms with Crippen LogP contribution < -0.4 is 4.74 Å². The molecule has 0 amide bonds. The number of nitrogens with zero attached hydrogens (tertiary/aromatic N) is 1. The van der Waals surface area contributed by atoms with Crippen LogP contribution in [0.5, 0.6) is 5.75 Å². The van der Waals surface area contributed by atoms with Crippen molar-refractivity contribution >= 4 is 31.9 Å². The summed E-state index contributed by atoms with van der Waals surface area (Å²) in [4.78, 5) is 4.55. The van der Waals surface area contributed by atoms with E-state index in [2.05, 4.69) is 50.7 Å². The van der Waals surface area contributed by atoms with Gasteiger partial charge in [0.15, 0.2) is 0 Å². The quantitative estimate of drug-likeness (QED) is 0.735. The van der Waals surface area contributed by atoms with Crippen LogP contribution in [0.25, 0.3) is 0 Å². The molecular weight excluding hydrogens is 346 g/mol. The van der Waals surface area contributed by atoms with Crippen LogP contribution in [-0.4, -0.2) is 22.8 Å². The Morgan fingerprint density at radius 2 is 1.88 bits per heavy atom. The minimum atomic E-state index is 0.179. The molecule has 1 rings (SSSR count). The number of pyridine rings is 1. The molecule has 0 aromatic carbocycles. The molecule has 0 N–H and O–H groups in total. The Labute approximate surface area is 120 Å². The summed E-state index contributed by atoms with van der Waals surface area (Å²) >= 11 is 7.15. The van der Waals surface area contributed by atoms with E-state index >= 15 is 0 Å². The van der Waals surface area contributed by atoms with Gasteiger partial charge in [-0.3, -0.25) is 4.98 Å². The van der Waals surface area contributed by atoms with Gasteiger partial charge in [-0.05, 0) is 25.7 Å². The standard InChI is InChI=1S/C13H19Br2NO/c1-9-6-16-11(10(2)12(9)17-4)5-13(3,7-14)8-15/h6H,5,7-8H2,1-4H3. The van der Waals surface area contributed by atoms with Crippen molar-refractivity contribution in [2.75, 3.05) is 17.8 Å². The lowest BCUT2D eigenvalue weighted by Gasteiger charge is -2.25. The molecule has 0 radical (unpaired) electrons. The van der Waals surface area contributed by atoms with E-state index in [0.717, 1.165) is 39.7 Å². The van der Waals surface area contributed by atoms with Gasteiger partial charge in [0.05, 0.1) is 7.11 Å². The van der Waals surface area contributed by atoms with Crippen LogP contribution in [0.2, 0.25) is 0 Å². The molecule has 0 unspecified atom stereocenters. The third kappa shape index (κ3) is 3.44. The lowest BCUT2D eigenvalue weighted by atomic mass is 9.88. The van der Waals surface area contributed by atoms with Gasteiger partial charge in [-0.1, -0.05) is 38.8 Å². The maximum Gasteiger partial charge on any atom is 0.128 e. The summed E-state index contributed by atoms with van der Waals surface area (Å²) in [6, 6.07) is 0. The number of methoxy groups -OCH3 is 1. The molecule has 0 bridgehead atoms. The number of ether oxygens (including phenoxy) is 1. The minimum Gasteiger partial charge on any atom is -0.496 e. The Morgan fingerprint density at radius 1 is 1.29 bits per heavy atom. The molecule has 17 heavy (non-hydrogen) atoms. The van der Waals surface area contributed by atoms with Gasteiger partial charge in [-0.15, -0.1) is 0 Å². The fraction of sp³-hybridized carbons (Fsp3) is 0.615. The van der Waals surface area contributed by atoms with Crippen molar-refractivity contribution in [1.82, 2.24) is 4.98 Å². The zero-order valence-electron chi connectivity index (χ0n) is 10.8. The van der Waals surface area contributed by atoms with Crippen molar-refractivity contribution in [3.05, 3.63) is 23.0 Å². The van der Waals surface area contributed by atoms with Crippen LogP contribution >= 0.6 is 31.9 Å². The molecule has 0 spiro atoms. The second kappa shape index (κ2) is 6.19. The lowest BCUT2D eigenvalue weighted by molar-refractivity contribution is 0.400. The van der Waals surface area contributed by atoms with Crippen molar-refractivity contribution in [3.8, 4) is 5.75 Å². The van der Waals surface area contributed by atoms with Crippen LogP contribution in [-0.2, 0) is 6.42 Å². The topological polar surface area (TPSA) is 22.1 Å². The van der Waals surface area contributed by atoms with Crippen LogP contribution in [0.15, 0.2) is 6.20 Å². The Balaban J connectivity index is 3.08. The highest BCUT2D eigenvalue weighted by molar-refractivity contribution is 9.09. The number of alkyl halides is 2. The molecule has 2 nitrogen and oxygen atoms in total. The molecule has 0 aliphatic rings. The van der Waals surface area contributed by atoms with E-state index < -0.39 is 0 Å². The molecule has 0 atom stereocenters. The van der Waals surface area contributed by atoms with Gasteiger partial charge in [0, 0.05) is 33.7 Å². The van der Waals surface area contributed by atoms with E-state index in [1.54, 1.807) is 7.11 Å². The highest BCUT2D eigenvalue weighted by Gasteiger charge is 2.24. The second-order valence-corrected chi connectivity index (χ2v) is 5.92. The Hall–Kier alpha value is -0.0900. The summed E-state index contributed by atoms with van der Waals surface area (Å²) in [7, 11) is 1.72. The summed E-state index contributed by atoms with van der Waals surface area (Å²) in [5.41, 5.74) is 3.54. The van der Waals surface area contributed by atoms with Crippen LogP contribution in [0.3, 0.4) is 0 Å². The molecule has 0 saturated heterocycles. The smallest absolute Gasteiger partial charge is 0.128 e. The fourth-order valence-electron chi connectivity index (χ4n) is 1.78. The Kier molecular flexibility index (Phi) is 5.45. The predicted octanol–water partition coefficient (Wildman–Crippen LogP) is 4.05. The first-order valence-electron chi connectivity index (χ1n) is 5.58. The van der Waals surface area contributed by atoms with E-state index in [1.807, 2.05) is 13.1 Å². The number of aryl methyl sites for hydroxylation is 1. The maximum absolute atomic E-state index is 5.43. The number of aromatic nitrogens is 1. The summed E-state index contributed by atoms with van der Waals surface area (Å²) in [6.07, 6.45) is 2.83. The van der Waals surface area contributed by atoms with E-state index in [9.17, 15) is 0 Å². The number of hydrogen-bond donors (Lipinski definition) is 0. The minimum absolute atomic E-state index is 0.179. The van der Waals surface area contributed by atoms with Crippen molar-refractivity contribution in [3.63, 3.8) is 0 Å². The van der Waals surface area contributed by atoms with Crippen molar-refractivity contribution in [2.24, 2.45) is 5.41 Å². The Bertz CT molecular complexity index is 389. The number of hydrogen-bond acceptors (Lipinski definition) is 2. The molecule has 0 saturated carbocycles. The first-order valence-corrected chi connectivity index (χ1v) is 7.82. The largest absolute Gasteiger partial charge is 0.496 e. The molecular formula is C13H19Br2NO. The summed E-state index contributed by atoms with van der Waals surface area (Å²) in [6.45, 7) is 6.35. The van der Waals surface area contributed by atoms with Crippen LogP contribution in [0, 0.1) is 19.3 Å². The SMILES string of the molecule is COc1c(C)cnc(CC(C)(CBr)CBr)c1C. The fourth-order valence-corrected chi connectivity index (χ4v) is 3.11. The highest BCUT2D eigenvalue weighted by Crippen LogP contribution is 2.31. The first kappa shape index (κ1) is 15.0. The van der Waals surface area contributed by atoms with Crippen LogP contribution in [0.1, 0.15) is 23.7 Å². The van der Waals surface area contributed by atoms with Gasteiger partial charge in [0.1, 0.15) is 5.75 Å². The molecule has 96 valence electrons. The molecule has 0 fully saturated rings. The van der Waals surface area contributed by atoms with Gasteiger partial charge in [0.25, 0.3) is 0 Å². The molecule has 1 heterocycles. The van der Waals surface area contributed by atoms with Crippen molar-refractivity contribution in [2.45, 2.75) is 27.2 Å². The van der Waals surface area contributed by atoms with E-state index in [-0.39, 0.29) is 5.41 Å². The summed E-state index contributed by atoms with van der Waals surface area (Å²) in [5.74, 6) is 0.960. The average Bonchev–Trinajstić information content (AvgIpc) is 2.33.